The number of hydrogen-bond acceptors (Lipinski definition) is 7. The molecule has 5 rings (SSSR count). The molecule has 11 heteroatoms. The molecule has 3 aromatic carbocycles. The molecule has 0 saturated carbocycles. The zero-order valence-electron chi connectivity index (χ0n) is 17.5. The summed E-state index contributed by atoms with van der Waals surface area (Å²) < 4.78 is 12.0. The van der Waals surface area contributed by atoms with Crippen LogP contribution in [-0.2, 0) is 10.3 Å². The number of phenols is 2. The third kappa shape index (κ3) is 3.40. The Bertz CT molecular complexity index is 1350. The van der Waals surface area contributed by atoms with Gasteiger partial charge in [-0.05, 0) is 54.1 Å². The van der Waals surface area contributed by atoms with E-state index in [2.05, 4.69) is 20.7 Å². The lowest BCUT2D eigenvalue weighted by Gasteiger charge is -2.36. The SMILES string of the molecule is [N-]=[N+]=NCCNC(=S)Nc1ccc2c(c1)C(=O)OC21c2ccc(O)cc2Oc2cc(O)ccc21. The number of esters is 1. The first-order valence-electron chi connectivity index (χ1n) is 10.2. The number of ether oxygens (including phenoxy) is 2. The number of nitrogens with one attached hydrogen (secondary N) is 2. The first-order chi connectivity index (χ1) is 16.4. The number of hydrogen-bond donors (Lipinski definition) is 4. The Kier molecular flexibility index (Phi) is 5.12. The summed E-state index contributed by atoms with van der Waals surface area (Å²) in [5.41, 5.74) is 9.61. The van der Waals surface area contributed by atoms with Crippen molar-refractivity contribution in [1.29, 1.82) is 0 Å². The number of rotatable bonds is 4. The zero-order valence-corrected chi connectivity index (χ0v) is 18.3. The van der Waals surface area contributed by atoms with Gasteiger partial charge in [-0.1, -0.05) is 11.2 Å². The Balaban J connectivity index is 1.57. The lowest BCUT2D eigenvalue weighted by atomic mass is 9.77. The van der Waals surface area contributed by atoms with E-state index in [1.807, 2.05) is 0 Å². The van der Waals surface area contributed by atoms with E-state index in [0.29, 0.717) is 51.1 Å². The summed E-state index contributed by atoms with van der Waals surface area (Å²) in [5, 5.41) is 29.6. The molecule has 10 nitrogen and oxygen atoms in total. The first-order valence-corrected chi connectivity index (χ1v) is 10.6. The Morgan fingerprint density at radius 2 is 1.68 bits per heavy atom. The third-order valence-electron chi connectivity index (χ3n) is 5.59. The van der Waals surface area contributed by atoms with Crippen LogP contribution in [0.25, 0.3) is 10.4 Å². The number of carbonyl (C=O) groups excluding carboxylic acids is 1. The quantitative estimate of drug-likeness (QED) is 0.109. The fraction of sp³-hybridized carbons (Fsp3) is 0.130. The lowest BCUT2D eigenvalue weighted by molar-refractivity contribution is 0.0224. The molecule has 1 spiro atoms. The molecule has 0 atom stereocenters. The number of aromatic hydroxyl groups is 2. The maximum absolute atomic E-state index is 13.1. The standard InChI is InChI=1S/C23H17N5O5S/c24-28-26-8-7-25-22(34)27-12-1-4-16-15(9-12)21(31)33-23(16)17-5-2-13(29)10-19(17)32-20-11-14(30)3-6-18(20)23/h1-6,9-11,29-30H,7-8H2,(H2,25,27,34). The minimum atomic E-state index is -1.32. The predicted octanol–water partition coefficient (Wildman–Crippen LogP) is 4.26. The summed E-state index contributed by atoms with van der Waals surface area (Å²) in [6, 6.07) is 14.3. The van der Waals surface area contributed by atoms with Crippen LogP contribution >= 0.6 is 12.2 Å². The first kappa shape index (κ1) is 21.4. The predicted molar refractivity (Wildman–Crippen MR) is 126 cm³/mol. The highest BCUT2D eigenvalue weighted by Crippen LogP contribution is 2.57. The number of benzene rings is 3. The second-order valence-electron chi connectivity index (χ2n) is 7.63. The van der Waals surface area contributed by atoms with Gasteiger partial charge < -0.3 is 30.3 Å². The number of thiocarbonyl (C=S) groups is 1. The van der Waals surface area contributed by atoms with E-state index < -0.39 is 11.6 Å². The van der Waals surface area contributed by atoms with Crippen molar-refractivity contribution in [3.63, 3.8) is 0 Å². The van der Waals surface area contributed by atoms with E-state index in [9.17, 15) is 15.0 Å². The van der Waals surface area contributed by atoms with Crippen LogP contribution in [0.15, 0.2) is 59.7 Å². The average molecular weight is 475 g/mol. The summed E-state index contributed by atoms with van der Waals surface area (Å²) in [4.78, 5) is 15.8. The summed E-state index contributed by atoms with van der Waals surface area (Å²) in [7, 11) is 0. The van der Waals surface area contributed by atoms with E-state index in [0.717, 1.165) is 0 Å². The molecule has 0 unspecified atom stereocenters. The normalized spacial score (nSPS) is 14.1. The highest BCUT2D eigenvalue weighted by Gasteiger charge is 2.53. The van der Waals surface area contributed by atoms with E-state index in [-0.39, 0.29) is 18.0 Å². The van der Waals surface area contributed by atoms with Crippen molar-refractivity contribution >= 4 is 29.0 Å². The van der Waals surface area contributed by atoms with Gasteiger partial charge in [0.05, 0.1) is 5.56 Å². The van der Waals surface area contributed by atoms with Gasteiger partial charge in [0.1, 0.15) is 23.0 Å². The van der Waals surface area contributed by atoms with Gasteiger partial charge in [-0.2, -0.15) is 0 Å². The number of fused-ring (bicyclic) bond motifs is 6. The highest BCUT2D eigenvalue weighted by molar-refractivity contribution is 7.80. The van der Waals surface area contributed by atoms with Gasteiger partial charge >= 0.3 is 5.97 Å². The summed E-state index contributed by atoms with van der Waals surface area (Å²) >= 11 is 5.25. The second-order valence-corrected chi connectivity index (χ2v) is 8.04. The molecule has 0 radical (unpaired) electrons. The van der Waals surface area contributed by atoms with Crippen LogP contribution in [0.2, 0.25) is 0 Å². The van der Waals surface area contributed by atoms with Crippen molar-refractivity contribution in [3.05, 3.63) is 87.3 Å². The molecule has 4 N–H and O–H groups in total. The van der Waals surface area contributed by atoms with Crippen molar-refractivity contribution in [2.45, 2.75) is 5.60 Å². The lowest BCUT2D eigenvalue weighted by Crippen LogP contribution is -2.33. The second kappa shape index (κ2) is 8.14. The number of phenolic OH excluding ortho intramolecular Hbond substituents is 2. The molecular weight excluding hydrogens is 458 g/mol. The zero-order chi connectivity index (χ0) is 23.9. The molecule has 0 saturated heterocycles. The van der Waals surface area contributed by atoms with E-state index in [4.69, 9.17) is 27.2 Å². The minimum Gasteiger partial charge on any atom is -0.508 e. The van der Waals surface area contributed by atoms with E-state index >= 15 is 0 Å². The number of azide groups is 1. The van der Waals surface area contributed by atoms with Crippen molar-refractivity contribution < 1.29 is 24.5 Å². The van der Waals surface area contributed by atoms with Crippen LogP contribution in [0.4, 0.5) is 5.69 Å². The van der Waals surface area contributed by atoms with Gasteiger partial charge in [-0.25, -0.2) is 4.79 Å². The number of nitrogens with zero attached hydrogens (tertiary/aromatic N) is 3. The smallest absolute Gasteiger partial charge is 0.340 e. The average Bonchev–Trinajstić information content (AvgIpc) is 3.08. The molecule has 0 fully saturated rings. The third-order valence-corrected chi connectivity index (χ3v) is 5.84. The summed E-state index contributed by atoms with van der Waals surface area (Å²) in [5.74, 6) is 0.0599. The van der Waals surface area contributed by atoms with Gasteiger partial charge in [0.25, 0.3) is 0 Å². The number of anilines is 1. The Morgan fingerprint density at radius 3 is 2.32 bits per heavy atom. The summed E-state index contributed by atoms with van der Waals surface area (Å²) in [6.07, 6.45) is 0. The minimum absolute atomic E-state index is 0.0110. The molecule has 0 aliphatic carbocycles. The Hall–Kier alpha value is -4.47. The molecule has 170 valence electrons. The molecular formula is C23H17N5O5S. The van der Waals surface area contributed by atoms with Crippen molar-refractivity contribution in [1.82, 2.24) is 5.32 Å². The van der Waals surface area contributed by atoms with Crippen LogP contribution in [0.3, 0.4) is 0 Å². The number of carbonyl (C=O) groups is 1. The fourth-order valence-electron chi connectivity index (χ4n) is 4.22. The van der Waals surface area contributed by atoms with Gasteiger partial charge in [-0.3, -0.25) is 0 Å². The Labute approximate surface area is 198 Å². The molecule has 0 bridgehead atoms. The molecule has 34 heavy (non-hydrogen) atoms. The summed E-state index contributed by atoms with van der Waals surface area (Å²) in [6.45, 7) is 0.600. The van der Waals surface area contributed by atoms with Crippen molar-refractivity contribution in [2.75, 3.05) is 18.4 Å². The van der Waals surface area contributed by atoms with Crippen molar-refractivity contribution in [2.24, 2.45) is 5.11 Å². The topological polar surface area (TPSA) is 149 Å². The maximum Gasteiger partial charge on any atom is 0.340 e. The molecule has 2 aliphatic heterocycles. The highest BCUT2D eigenvalue weighted by atomic mass is 32.1. The van der Waals surface area contributed by atoms with Crippen LogP contribution in [0.1, 0.15) is 27.0 Å². The largest absolute Gasteiger partial charge is 0.508 e. The molecule has 3 aromatic rings. The molecule has 2 heterocycles. The van der Waals surface area contributed by atoms with Gasteiger partial charge in [0.15, 0.2) is 10.7 Å². The molecule has 0 aromatic heterocycles. The fourth-order valence-corrected chi connectivity index (χ4v) is 4.44. The monoisotopic (exact) mass is 475 g/mol. The van der Waals surface area contributed by atoms with Crippen LogP contribution in [-0.4, -0.2) is 34.4 Å². The Morgan fingerprint density at radius 1 is 1.03 bits per heavy atom. The van der Waals surface area contributed by atoms with Gasteiger partial charge in [0.2, 0.25) is 0 Å². The van der Waals surface area contributed by atoms with Crippen LogP contribution in [0, 0.1) is 0 Å². The molecule has 0 amide bonds. The van der Waals surface area contributed by atoms with Crippen molar-refractivity contribution in [3.8, 4) is 23.0 Å². The van der Waals surface area contributed by atoms with Crippen LogP contribution in [0.5, 0.6) is 23.0 Å². The maximum atomic E-state index is 13.1. The van der Waals surface area contributed by atoms with Gasteiger partial charge in [0, 0.05) is 52.5 Å². The van der Waals surface area contributed by atoms with E-state index in [1.54, 1.807) is 30.3 Å². The molecule has 2 aliphatic rings. The van der Waals surface area contributed by atoms with Crippen LogP contribution < -0.4 is 15.4 Å². The van der Waals surface area contributed by atoms with Gasteiger partial charge in [-0.15, -0.1) is 0 Å². The van der Waals surface area contributed by atoms with E-state index in [1.165, 1.54) is 24.3 Å².